The standard InChI is InChI=1S/C26H20S12.BH2P/c1-7-13(27)5-11(23(35)19(7)31)17-15(29)3-9(21(33)25(17)37)10-4-16(30)18(26(38)22(10)34)12-6-14(28)8(2)20(32)24(12)36;1-2/h3-6,27-29,31-33,35-38H,1-2H3;2H2/i;2TD. The third-order valence-electron chi connectivity index (χ3n) is 6.30. The summed E-state index contributed by atoms with van der Waals surface area (Å²) in [5, 5.41) is 0. The molecule has 0 saturated carbocycles. The van der Waals surface area contributed by atoms with E-state index in [9.17, 15) is 0 Å². The quantitative estimate of drug-likeness (QED) is 0.0559. The van der Waals surface area contributed by atoms with Gasteiger partial charge in [-0.15, -0.1) is 126 Å². The zero-order valence-corrected chi connectivity index (χ0v) is 32.1. The van der Waals surface area contributed by atoms with E-state index in [1.54, 1.807) is 0 Å². The first-order valence-electron chi connectivity index (χ1n) is 11.9. The molecule has 0 aromatic heterocycles. The predicted octanol–water partition coefficient (Wildman–Crippen LogP) is 9.99. The van der Waals surface area contributed by atoms with Gasteiger partial charge in [-0.1, -0.05) is 24.4 Å². The SMILES string of the molecule is Cc1c(S)cc(C2=C(S)C(=S)C(c3cc(S)c(-c4cc(S)c(C)c(S)c4S)c(S)c3S)=CC2=S)c(S)c1S.[2H]P([3H])[B]. The highest BCUT2D eigenvalue weighted by molar-refractivity contribution is 7.91. The maximum absolute atomic E-state index is 6.09. The molecule has 0 spiro atoms. The number of thiol groups is 10. The number of thiocarbonyl (C=S) groups is 2. The summed E-state index contributed by atoms with van der Waals surface area (Å²) in [5.41, 5.74) is 6.41. The van der Waals surface area contributed by atoms with Crippen LogP contribution in [0, 0.1) is 13.8 Å². The number of hydrogen-bond donors (Lipinski definition) is 10. The highest BCUT2D eigenvalue weighted by Gasteiger charge is 2.28. The monoisotopic (exact) mass is 763 g/mol. The van der Waals surface area contributed by atoms with Crippen LogP contribution in [0.3, 0.4) is 0 Å². The lowest BCUT2D eigenvalue weighted by atomic mass is 9.89. The van der Waals surface area contributed by atoms with Gasteiger partial charge in [0.15, 0.2) is 0 Å². The van der Waals surface area contributed by atoms with Gasteiger partial charge in [-0.2, -0.15) is 9.01 Å². The zero-order valence-electron chi connectivity index (χ0n) is 22.6. The molecule has 1 aliphatic carbocycles. The fourth-order valence-electron chi connectivity index (χ4n) is 4.06. The molecule has 40 heavy (non-hydrogen) atoms. The predicted molar refractivity (Wildman–Crippen MR) is 218 cm³/mol. The maximum atomic E-state index is 6.09. The molecule has 14 heteroatoms. The summed E-state index contributed by atoms with van der Waals surface area (Å²) in [6, 6.07) is 5.76. The second kappa shape index (κ2) is 14.6. The Hall–Kier alpha value is 1.31. The second-order valence-corrected chi connectivity index (χ2v) is 13.9. The molecule has 0 saturated heterocycles. The minimum atomic E-state index is -1.62. The van der Waals surface area contributed by atoms with E-state index in [1.165, 1.54) is 0 Å². The fourth-order valence-corrected chi connectivity index (χ4v) is 8.04. The highest BCUT2D eigenvalue weighted by atomic mass is 32.1. The molecular weight excluding hydrogens is 739 g/mol. The molecule has 0 heterocycles. The summed E-state index contributed by atoms with van der Waals surface area (Å²) in [4.78, 5) is 8.01. The lowest BCUT2D eigenvalue weighted by molar-refractivity contribution is 1.09. The number of rotatable bonds is 3. The molecular formula is C26H22BPS12. The normalized spacial score (nSPS) is 14.8. The van der Waals surface area contributed by atoms with Gasteiger partial charge < -0.3 is 0 Å². The molecule has 0 N–H and O–H groups in total. The van der Waals surface area contributed by atoms with Gasteiger partial charge in [-0.3, -0.25) is 0 Å². The van der Waals surface area contributed by atoms with E-state index < -0.39 is 9.01 Å². The van der Waals surface area contributed by atoms with Crippen molar-refractivity contribution in [1.29, 1.82) is 2.56 Å². The Morgan fingerprint density at radius 3 is 1.65 bits per heavy atom. The first-order valence-corrected chi connectivity index (χ1v) is 16.8. The van der Waals surface area contributed by atoms with Crippen molar-refractivity contribution in [3.05, 3.63) is 51.4 Å². The largest absolute Gasteiger partial charge is 0.187 e. The van der Waals surface area contributed by atoms with Crippen LogP contribution < -0.4 is 0 Å². The van der Waals surface area contributed by atoms with Gasteiger partial charge in [-0.05, 0) is 65.9 Å². The third kappa shape index (κ3) is 6.63. The number of benzene rings is 3. The van der Waals surface area contributed by atoms with E-state index in [4.69, 9.17) is 103 Å². The second-order valence-electron chi connectivity index (χ2n) is 8.52. The van der Waals surface area contributed by atoms with E-state index in [0.29, 0.717) is 50.3 Å². The van der Waals surface area contributed by atoms with E-state index in [-0.39, 0.29) is 0 Å². The van der Waals surface area contributed by atoms with Crippen LogP contribution in [0.1, 0.15) is 22.3 Å². The van der Waals surface area contributed by atoms with Crippen LogP contribution >= 0.6 is 160 Å². The van der Waals surface area contributed by atoms with Crippen molar-refractivity contribution < 1.29 is 0 Å². The van der Waals surface area contributed by atoms with Crippen molar-refractivity contribution in [3.8, 4) is 11.1 Å². The van der Waals surface area contributed by atoms with Crippen LogP contribution in [0.25, 0.3) is 22.3 Å². The van der Waals surface area contributed by atoms with Crippen LogP contribution in [0.2, 0.25) is 0 Å². The third-order valence-corrected chi connectivity index (χ3v) is 12.4. The summed E-state index contributed by atoms with van der Waals surface area (Å²) in [6.07, 6.45) is 1.86. The minimum Gasteiger partial charge on any atom is -0.187 e. The fraction of sp³-hybridized carbons (Fsp3) is 0.0769. The molecule has 4 rings (SSSR count). The van der Waals surface area contributed by atoms with Gasteiger partial charge in [0.05, 0.1) is 12.4 Å². The van der Waals surface area contributed by atoms with Crippen molar-refractivity contribution in [2.24, 2.45) is 0 Å². The van der Waals surface area contributed by atoms with Crippen molar-refractivity contribution in [2.45, 2.75) is 57.9 Å². The molecule has 0 aliphatic heterocycles. The first kappa shape index (κ1) is 32.7. The Morgan fingerprint density at radius 1 is 0.700 bits per heavy atom. The molecule has 0 fully saturated rings. The van der Waals surface area contributed by atoms with Crippen LogP contribution in [-0.2, 0) is 0 Å². The topological polar surface area (TPSA) is 0 Å². The Morgan fingerprint density at radius 2 is 1.12 bits per heavy atom. The van der Waals surface area contributed by atoms with Crippen LogP contribution in [0.5, 0.6) is 0 Å². The van der Waals surface area contributed by atoms with E-state index >= 15 is 0 Å². The van der Waals surface area contributed by atoms with E-state index in [1.807, 2.05) is 38.1 Å². The van der Waals surface area contributed by atoms with Gasteiger partial charge in [0, 0.05) is 73.1 Å². The average Bonchev–Trinajstić information content (AvgIpc) is 2.91. The molecule has 0 amide bonds. The zero-order chi connectivity index (χ0) is 32.0. The number of allylic oxidation sites excluding steroid dienone is 4. The van der Waals surface area contributed by atoms with Gasteiger partial charge >= 0.3 is 0 Å². The summed E-state index contributed by atoms with van der Waals surface area (Å²) < 4.78 is 12.2. The first-order chi connectivity index (χ1) is 19.4. The van der Waals surface area contributed by atoms with Crippen LogP contribution in [-0.4, -0.2) is 19.9 Å². The summed E-state index contributed by atoms with van der Waals surface area (Å²) >= 11 is 59.0. The Labute approximate surface area is 307 Å². The molecule has 1 unspecified atom stereocenters. The molecule has 1 atom stereocenters. The molecule has 2 radical (unpaired) electrons. The smallest absolute Gasteiger partial charge is 0.0996 e. The summed E-state index contributed by atoms with van der Waals surface area (Å²) in [5.74, 6) is 0. The Kier molecular flexibility index (Phi) is 11.9. The molecule has 1 aliphatic rings. The lowest BCUT2D eigenvalue weighted by Crippen LogP contribution is -2.14. The van der Waals surface area contributed by atoms with Gasteiger partial charge in [0.1, 0.15) is 0 Å². The minimum absolute atomic E-state index is 0.524. The van der Waals surface area contributed by atoms with Crippen molar-refractivity contribution in [2.75, 3.05) is 0 Å². The van der Waals surface area contributed by atoms with Gasteiger partial charge in [-0.25, -0.2) is 0 Å². The van der Waals surface area contributed by atoms with Crippen molar-refractivity contribution in [1.82, 2.24) is 0 Å². The molecule has 206 valence electrons. The lowest BCUT2D eigenvalue weighted by Gasteiger charge is -2.25. The van der Waals surface area contributed by atoms with Crippen LogP contribution in [0.4, 0.5) is 0 Å². The number of hydrogen-bond acceptors (Lipinski definition) is 12. The molecule has 0 nitrogen and oxygen atoms in total. The maximum Gasteiger partial charge on any atom is 0.0996 e. The van der Waals surface area contributed by atoms with Gasteiger partial charge in [0.25, 0.3) is 0 Å². The average molecular weight is 764 g/mol. The molecule has 3 aromatic rings. The Bertz CT molecular complexity index is 1730. The van der Waals surface area contributed by atoms with E-state index in [2.05, 4.69) is 58.1 Å². The highest BCUT2D eigenvalue weighted by Crippen LogP contribution is 2.47. The summed E-state index contributed by atoms with van der Waals surface area (Å²) in [6.45, 7) is 3.89. The Balaban J connectivity index is 0.00000114. The molecule has 3 aromatic carbocycles. The summed E-state index contributed by atoms with van der Waals surface area (Å²) in [7, 11) is 2.89. The van der Waals surface area contributed by atoms with Crippen molar-refractivity contribution in [3.63, 3.8) is 0 Å². The van der Waals surface area contributed by atoms with Crippen LogP contribution in [0.15, 0.2) is 73.2 Å². The molecule has 0 bridgehead atoms. The van der Waals surface area contributed by atoms with E-state index in [0.717, 1.165) is 53.0 Å². The van der Waals surface area contributed by atoms with Gasteiger partial charge in [0.2, 0.25) is 0 Å². The van der Waals surface area contributed by atoms with Crippen molar-refractivity contribution >= 4 is 188 Å².